The van der Waals surface area contributed by atoms with Gasteiger partial charge in [-0.2, -0.15) is 0 Å². The van der Waals surface area contributed by atoms with Crippen molar-refractivity contribution in [2.45, 2.75) is 38.3 Å². The number of aromatic nitrogens is 5. The summed E-state index contributed by atoms with van der Waals surface area (Å²) in [6, 6.07) is 10.4. The second kappa shape index (κ2) is 7.43. The molecule has 0 bridgehead atoms. The number of hydrogen-bond acceptors (Lipinski definition) is 5. The Balaban J connectivity index is 1.42. The number of carbonyl (C=O) groups is 1. The van der Waals surface area contributed by atoms with E-state index in [0.29, 0.717) is 5.69 Å². The van der Waals surface area contributed by atoms with Crippen molar-refractivity contribution in [2.24, 2.45) is 0 Å². The minimum absolute atomic E-state index is 0.0933. The van der Waals surface area contributed by atoms with Crippen LogP contribution in [0.5, 0.6) is 0 Å². The zero-order chi connectivity index (χ0) is 17.8. The zero-order valence-electron chi connectivity index (χ0n) is 14.4. The quantitative estimate of drug-likeness (QED) is 0.777. The van der Waals surface area contributed by atoms with Crippen LogP contribution in [-0.2, 0) is 19.4 Å². The first-order valence-corrected chi connectivity index (χ1v) is 8.81. The molecule has 1 atom stereocenters. The Bertz CT molecular complexity index is 878. The minimum atomic E-state index is -0.176. The van der Waals surface area contributed by atoms with E-state index in [4.69, 9.17) is 0 Å². The molecule has 0 fully saturated rings. The summed E-state index contributed by atoms with van der Waals surface area (Å²) in [6.45, 7) is 0.802. The van der Waals surface area contributed by atoms with Crippen molar-refractivity contribution in [3.63, 3.8) is 0 Å². The van der Waals surface area contributed by atoms with Crippen LogP contribution in [0.1, 0.15) is 40.5 Å². The van der Waals surface area contributed by atoms with Gasteiger partial charge in [-0.25, -0.2) is 4.98 Å². The van der Waals surface area contributed by atoms with E-state index >= 15 is 0 Å². The highest BCUT2D eigenvalue weighted by Crippen LogP contribution is 2.17. The highest BCUT2D eigenvalue weighted by Gasteiger charge is 2.22. The highest BCUT2D eigenvalue weighted by atomic mass is 16.1. The van der Waals surface area contributed by atoms with E-state index in [2.05, 4.69) is 42.2 Å². The first-order chi connectivity index (χ1) is 12.8. The van der Waals surface area contributed by atoms with Gasteiger partial charge >= 0.3 is 0 Å². The Labute approximate surface area is 151 Å². The summed E-state index contributed by atoms with van der Waals surface area (Å²) in [4.78, 5) is 20.3. The van der Waals surface area contributed by atoms with Crippen LogP contribution in [0.2, 0.25) is 0 Å². The Morgan fingerprint density at radius 1 is 1.15 bits per heavy atom. The fourth-order valence-corrected chi connectivity index (χ4v) is 3.28. The molecular formula is C19H20N6O. The number of fused-ring (bicyclic) bond motifs is 1. The molecule has 2 aromatic heterocycles. The molecule has 1 aromatic carbocycles. The van der Waals surface area contributed by atoms with E-state index in [9.17, 15) is 4.79 Å². The Morgan fingerprint density at radius 2 is 2.04 bits per heavy atom. The largest absolute Gasteiger partial charge is 0.348 e. The first kappa shape index (κ1) is 16.4. The van der Waals surface area contributed by atoms with E-state index in [0.717, 1.165) is 43.9 Å². The molecule has 132 valence electrons. The molecule has 0 aliphatic carbocycles. The zero-order valence-corrected chi connectivity index (χ0v) is 14.4. The molecule has 0 saturated carbocycles. The van der Waals surface area contributed by atoms with Gasteiger partial charge in [0.25, 0.3) is 5.91 Å². The summed E-state index contributed by atoms with van der Waals surface area (Å²) in [6.07, 6.45) is 7.83. The maximum absolute atomic E-state index is 12.3. The maximum Gasteiger partial charge on any atom is 0.271 e. The van der Waals surface area contributed by atoms with Gasteiger partial charge in [0.1, 0.15) is 17.3 Å². The molecule has 1 unspecified atom stereocenters. The SMILES string of the molecule is O=C(NC1CCc2nnc(Cc3ccccc3)n2CC1)c1cnccn1. The van der Waals surface area contributed by atoms with Crippen LogP contribution >= 0.6 is 0 Å². The number of hydrogen-bond donors (Lipinski definition) is 1. The van der Waals surface area contributed by atoms with Crippen LogP contribution in [0.25, 0.3) is 0 Å². The van der Waals surface area contributed by atoms with Crippen LogP contribution in [0.3, 0.4) is 0 Å². The second-order valence-electron chi connectivity index (χ2n) is 6.43. The summed E-state index contributed by atoms with van der Waals surface area (Å²) in [5.41, 5.74) is 1.57. The van der Waals surface area contributed by atoms with Gasteiger partial charge in [-0.1, -0.05) is 30.3 Å². The number of rotatable bonds is 4. The van der Waals surface area contributed by atoms with Gasteiger partial charge < -0.3 is 9.88 Å². The van der Waals surface area contributed by atoms with Crippen molar-refractivity contribution < 1.29 is 4.79 Å². The van der Waals surface area contributed by atoms with Crippen LogP contribution in [0.15, 0.2) is 48.9 Å². The molecule has 0 saturated heterocycles. The molecule has 3 aromatic rings. The standard InChI is InChI=1S/C19H20N6O/c26-19(16-13-20-9-10-21-16)22-15-6-7-17-23-24-18(25(17)11-8-15)12-14-4-2-1-3-5-14/h1-5,9-10,13,15H,6-8,11-12H2,(H,22,26). The van der Waals surface area contributed by atoms with Crippen molar-refractivity contribution in [1.29, 1.82) is 0 Å². The van der Waals surface area contributed by atoms with Gasteiger partial charge in [0.05, 0.1) is 6.20 Å². The molecule has 4 rings (SSSR count). The number of amides is 1. The van der Waals surface area contributed by atoms with Crippen molar-refractivity contribution >= 4 is 5.91 Å². The molecule has 0 spiro atoms. The molecule has 1 aliphatic heterocycles. The van der Waals surface area contributed by atoms with Crippen LogP contribution in [0.4, 0.5) is 0 Å². The maximum atomic E-state index is 12.3. The van der Waals surface area contributed by atoms with Crippen LogP contribution in [-0.4, -0.2) is 36.7 Å². The van der Waals surface area contributed by atoms with E-state index < -0.39 is 0 Å². The summed E-state index contributed by atoms with van der Waals surface area (Å²) in [7, 11) is 0. The predicted molar refractivity (Wildman–Crippen MR) is 95.5 cm³/mol. The number of carbonyl (C=O) groups excluding carboxylic acids is 1. The van der Waals surface area contributed by atoms with E-state index in [-0.39, 0.29) is 11.9 Å². The topological polar surface area (TPSA) is 85.6 Å². The molecule has 1 N–H and O–H groups in total. The molecule has 7 heteroatoms. The lowest BCUT2D eigenvalue weighted by atomic mass is 10.1. The lowest BCUT2D eigenvalue weighted by Gasteiger charge is -2.15. The van der Waals surface area contributed by atoms with Gasteiger partial charge in [-0.3, -0.25) is 9.78 Å². The van der Waals surface area contributed by atoms with Crippen molar-refractivity contribution in [1.82, 2.24) is 30.0 Å². The summed E-state index contributed by atoms with van der Waals surface area (Å²) < 4.78 is 2.20. The molecule has 0 radical (unpaired) electrons. The third-order valence-corrected chi connectivity index (χ3v) is 4.66. The average Bonchev–Trinajstić information content (AvgIpc) is 2.95. The average molecular weight is 348 g/mol. The van der Waals surface area contributed by atoms with Crippen LogP contribution < -0.4 is 5.32 Å². The van der Waals surface area contributed by atoms with Gasteiger partial charge in [0, 0.05) is 37.8 Å². The van der Waals surface area contributed by atoms with Crippen LogP contribution in [0, 0.1) is 0 Å². The number of benzene rings is 1. The molecule has 3 heterocycles. The summed E-state index contributed by atoms with van der Waals surface area (Å²) in [5.74, 6) is 1.80. The number of aryl methyl sites for hydroxylation is 1. The van der Waals surface area contributed by atoms with Gasteiger partial charge in [0.2, 0.25) is 0 Å². The molecule has 1 amide bonds. The minimum Gasteiger partial charge on any atom is -0.348 e. The van der Waals surface area contributed by atoms with Crippen molar-refractivity contribution in [2.75, 3.05) is 0 Å². The fraction of sp³-hybridized carbons (Fsp3) is 0.316. The van der Waals surface area contributed by atoms with Gasteiger partial charge in [-0.15, -0.1) is 10.2 Å². The monoisotopic (exact) mass is 348 g/mol. The first-order valence-electron chi connectivity index (χ1n) is 8.81. The highest BCUT2D eigenvalue weighted by molar-refractivity contribution is 5.92. The predicted octanol–water partition coefficient (Wildman–Crippen LogP) is 1.79. The van der Waals surface area contributed by atoms with E-state index in [1.807, 2.05) is 18.2 Å². The Kier molecular flexibility index (Phi) is 4.68. The summed E-state index contributed by atoms with van der Waals surface area (Å²) in [5, 5.41) is 11.8. The number of nitrogens with zero attached hydrogens (tertiary/aromatic N) is 5. The van der Waals surface area contributed by atoms with Gasteiger partial charge in [-0.05, 0) is 18.4 Å². The lowest BCUT2D eigenvalue weighted by Crippen LogP contribution is -2.35. The van der Waals surface area contributed by atoms with E-state index in [1.165, 1.54) is 18.0 Å². The van der Waals surface area contributed by atoms with E-state index in [1.54, 1.807) is 6.20 Å². The third kappa shape index (κ3) is 3.61. The van der Waals surface area contributed by atoms with Crippen molar-refractivity contribution in [3.05, 3.63) is 71.8 Å². The third-order valence-electron chi connectivity index (χ3n) is 4.66. The molecule has 26 heavy (non-hydrogen) atoms. The number of nitrogens with one attached hydrogen (secondary N) is 1. The molecular weight excluding hydrogens is 328 g/mol. The van der Waals surface area contributed by atoms with Gasteiger partial charge in [0.15, 0.2) is 0 Å². The molecule has 1 aliphatic rings. The normalized spacial score (nSPS) is 16.5. The fourth-order valence-electron chi connectivity index (χ4n) is 3.28. The second-order valence-corrected chi connectivity index (χ2v) is 6.43. The smallest absolute Gasteiger partial charge is 0.271 e. The lowest BCUT2D eigenvalue weighted by molar-refractivity contribution is 0.0927. The Hall–Kier alpha value is -3.09. The molecule has 7 nitrogen and oxygen atoms in total. The Morgan fingerprint density at radius 3 is 2.85 bits per heavy atom. The van der Waals surface area contributed by atoms with Crippen molar-refractivity contribution in [3.8, 4) is 0 Å². The summed E-state index contributed by atoms with van der Waals surface area (Å²) >= 11 is 0.